The summed E-state index contributed by atoms with van der Waals surface area (Å²) in [6.45, 7) is 0. The highest BCUT2D eigenvalue weighted by molar-refractivity contribution is 6.30. The van der Waals surface area contributed by atoms with Crippen LogP contribution in [0, 0.1) is 17.7 Å². The first-order chi connectivity index (χ1) is 7.64. The molecule has 0 spiro atoms. The van der Waals surface area contributed by atoms with Gasteiger partial charge in [-0.15, -0.1) is 0 Å². The van der Waals surface area contributed by atoms with E-state index >= 15 is 0 Å². The van der Waals surface area contributed by atoms with Gasteiger partial charge in [0.15, 0.2) is 0 Å². The van der Waals surface area contributed by atoms with Crippen LogP contribution in [0.15, 0.2) is 18.2 Å². The van der Waals surface area contributed by atoms with Crippen molar-refractivity contribution in [1.82, 2.24) is 0 Å². The van der Waals surface area contributed by atoms with E-state index in [4.69, 9.17) is 11.6 Å². The van der Waals surface area contributed by atoms with Gasteiger partial charge in [0.05, 0.1) is 5.60 Å². The Bertz CT molecular complexity index is 420. The van der Waals surface area contributed by atoms with E-state index in [1.165, 1.54) is 12.1 Å². The molecule has 0 aromatic heterocycles. The SMILES string of the molecule is OC1(c2cc(Cl)ccc2F)C2CCCCC21. The van der Waals surface area contributed by atoms with Crippen LogP contribution in [0.2, 0.25) is 5.02 Å². The second-order valence-corrected chi connectivity index (χ2v) is 5.38. The Labute approximate surface area is 99.2 Å². The van der Waals surface area contributed by atoms with Gasteiger partial charge in [-0.25, -0.2) is 4.39 Å². The van der Waals surface area contributed by atoms with Crippen molar-refractivity contribution >= 4 is 11.6 Å². The molecule has 3 heteroatoms. The first-order valence-corrected chi connectivity index (χ1v) is 6.19. The van der Waals surface area contributed by atoms with Crippen LogP contribution in [0.3, 0.4) is 0 Å². The molecular weight excluding hydrogens is 227 g/mol. The van der Waals surface area contributed by atoms with E-state index in [0.29, 0.717) is 10.6 Å². The van der Waals surface area contributed by atoms with Gasteiger partial charge in [0.1, 0.15) is 5.82 Å². The number of aliphatic hydroxyl groups is 1. The Morgan fingerprint density at radius 3 is 2.50 bits per heavy atom. The summed E-state index contributed by atoms with van der Waals surface area (Å²) in [4.78, 5) is 0. The lowest BCUT2D eigenvalue weighted by molar-refractivity contribution is 0.113. The zero-order valence-corrected chi connectivity index (χ0v) is 9.67. The largest absolute Gasteiger partial charge is 0.384 e. The number of hydrogen-bond acceptors (Lipinski definition) is 1. The van der Waals surface area contributed by atoms with Gasteiger partial charge in [-0.05, 0) is 42.9 Å². The maximum absolute atomic E-state index is 13.7. The molecule has 2 saturated carbocycles. The molecule has 0 aliphatic heterocycles. The van der Waals surface area contributed by atoms with Crippen LogP contribution in [0.25, 0.3) is 0 Å². The third kappa shape index (κ3) is 1.33. The van der Waals surface area contributed by atoms with Crippen molar-refractivity contribution in [2.45, 2.75) is 31.3 Å². The van der Waals surface area contributed by atoms with Gasteiger partial charge in [-0.2, -0.15) is 0 Å². The van der Waals surface area contributed by atoms with E-state index in [-0.39, 0.29) is 17.7 Å². The molecule has 16 heavy (non-hydrogen) atoms. The fourth-order valence-corrected chi connectivity index (χ4v) is 3.47. The van der Waals surface area contributed by atoms with Crippen LogP contribution in [0.5, 0.6) is 0 Å². The lowest BCUT2D eigenvalue weighted by Gasteiger charge is -2.12. The monoisotopic (exact) mass is 240 g/mol. The highest BCUT2D eigenvalue weighted by atomic mass is 35.5. The predicted molar refractivity (Wildman–Crippen MR) is 60.8 cm³/mol. The Morgan fingerprint density at radius 1 is 1.25 bits per heavy atom. The number of hydrogen-bond donors (Lipinski definition) is 1. The van der Waals surface area contributed by atoms with Crippen LogP contribution in [0.4, 0.5) is 4.39 Å². The second-order valence-electron chi connectivity index (χ2n) is 4.95. The summed E-state index contributed by atoms with van der Waals surface area (Å²) in [7, 11) is 0. The first-order valence-electron chi connectivity index (χ1n) is 5.82. The fourth-order valence-electron chi connectivity index (χ4n) is 3.30. The van der Waals surface area contributed by atoms with E-state index < -0.39 is 5.60 Å². The molecule has 1 aromatic rings. The second kappa shape index (κ2) is 3.44. The quantitative estimate of drug-likeness (QED) is 0.797. The van der Waals surface area contributed by atoms with E-state index in [1.807, 2.05) is 0 Å². The molecule has 2 aliphatic rings. The number of halogens is 2. The van der Waals surface area contributed by atoms with E-state index in [2.05, 4.69) is 0 Å². The van der Waals surface area contributed by atoms with Crippen molar-refractivity contribution in [3.63, 3.8) is 0 Å². The van der Waals surface area contributed by atoms with E-state index in [9.17, 15) is 9.50 Å². The van der Waals surface area contributed by atoms with Crippen molar-refractivity contribution in [2.75, 3.05) is 0 Å². The first kappa shape index (κ1) is 10.5. The van der Waals surface area contributed by atoms with Gasteiger partial charge < -0.3 is 5.11 Å². The molecule has 2 aliphatic carbocycles. The van der Waals surface area contributed by atoms with E-state index in [0.717, 1.165) is 25.7 Å². The number of rotatable bonds is 1. The van der Waals surface area contributed by atoms with Gasteiger partial charge in [-0.1, -0.05) is 24.4 Å². The van der Waals surface area contributed by atoms with Gasteiger partial charge in [-0.3, -0.25) is 0 Å². The summed E-state index contributed by atoms with van der Waals surface area (Å²) < 4.78 is 13.7. The normalized spacial score (nSPS) is 36.9. The van der Waals surface area contributed by atoms with Gasteiger partial charge >= 0.3 is 0 Å². The van der Waals surface area contributed by atoms with Crippen molar-refractivity contribution in [3.05, 3.63) is 34.6 Å². The molecule has 2 fully saturated rings. The van der Waals surface area contributed by atoms with Gasteiger partial charge in [0.2, 0.25) is 0 Å². The van der Waals surface area contributed by atoms with Crippen LogP contribution in [-0.2, 0) is 5.60 Å². The zero-order chi connectivity index (χ0) is 11.3. The third-order valence-corrected chi connectivity index (χ3v) is 4.38. The minimum absolute atomic E-state index is 0.245. The zero-order valence-electron chi connectivity index (χ0n) is 8.92. The Kier molecular flexibility index (Phi) is 2.27. The summed E-state index contributed by atoms with van der Waals surface area (Å²) in [6.07, 6.45) is 4.30. The fraction of sp³-hybridized carbons (Fsp3) is 0.538. The molecule has 86 valence electrons. The highest BCUT2D eigenvalue weighted by Crippen LogP contribution is 2.64. The summed E-state index contributed by atoms with van der Waals surface area (Å²) in [5.41, 5.74) is -0.539. The molecule has 1 N–H and O–H groups in total. The lowest BCUT2D eigenvalue weighted by Crippen LogP contribution is -2.12. The molecule has 0 saturated heterocycles. The molecule has 1 nitrogen and oxygen atoms in total. The Hall–Kier alpha value is -0.600. The minimum atomic E-state index is -0.939. The molecule has 1 aromatic carbocycles. The van der Waals surface area contributed by atoms with Crippen LogP contribution in [0.1, 0.15) is 31.2 Å². The van der Waals surface area contributed by atoms with Crippen LogP contribution < -0.4 is 0 Å². The molecule has 0 bridgehead atoms. The molecular formula is C13H14ClFO. The predicted octanol–water partition coefficient (Wildman–Crippen LogP) is 3.49. The molecule has 2 unspecified atom stereocenters. The van der Waals surface area contributed by atoms with Gasteiger partial charge in [0.25, 0.3) is 0 Å². The number of fused-ring (bicyclic) bond motifs is 1. The van der Waals surface area contributed by atoms with Crippen molar-refractivity contribution in [2.24, 2.45) is 11.8 Å². The molecule has 0 amide bonds. The smallest absolute Gasteiger partial charge is 0.129 e. The highest BCUT2D eigenvalue weighted by Gasteiger charge is 2.65. The van der Waals surface area contributed by atoms with Crippen LogP contribution >= 0.6 is 11.6 Å². The van der Waals surface area contributed by atoms with Crippen molar-refractivity contribution in [3.8, 4) is 0 Å². The van der Waals surface area contributed by atoms with Crippen LogP contribution in [-0.4, -0.2) is 5.11 Å². The van der Waals surface area contributed by atoms with Crippen molar-refractivity contribution < 1.29 is 9.50 Å². The Balaban J connectivity index is 2.01. The average Bonchev–Trinajstić information content (AvgIpc) is 2.90. The summed E-state index contributed by atoms with van der Waals surface area (Å²) in [6, 6.07) is 4.45. The topological polar surface area (TPSA) is 20.2 Å². The Morgan fingerprint density at radius 2 is 1.88 bits per heavy atom. The average molecular weight is 241 g/mol. The molecule has 2 atom stereocenters. The van der Waals surface area contributed by atoms with E-state index in [1.54, 1.807) is 6.07 Å². The van der Waals surface area contributed by atoms with Crippen molar-refractivity contribution in [1.29, 1.82) is 0 Å². The minimum Gasteiger partial charge on any atom is -0.384 e. The third-order valence-electron chi connectivity index (χ3n) is 4.15. The number of benzene rings is 1. The summed E-state index contributed by atoms with van der Waals surface area (Å²) in [5, 5.41) is 11.1. The lowest BCUT2D eigenvalue weighted by atomic mass is 10.0. The molecule has 3 rings (SSSR count). The standard InChI is InChI=1S/C13H14ClFO/c14-8-5-6-12(15)11(7-8)13(16)9-3-1-2-4-10(9)13/h5-7,9-10,16H,1-4H2. The summed E-state index contributed by atoms with van der Waals surface area (Å²) in [5.74, 6) is 0.157. The molecule has 0 heterocycles. The maximum atomic E-state index is 13.7. The summed E-state index contributed by atoms with van der Waals surface area (Å²) >= 11 is 5.87. The van der Waals surface area contributed by atoms with Gasteiger partial charge in [0, 0.05) is 10.6 Å². The molecule has 0 radical (unpaired) electrons. The maximum Gasteiger partial charge on any atom is 0.129 e.